The molecule has 0 aromatic heterocycles. The summed E-state index contributed by atoms with van der Waals surface area (Å²) in [5.74, 6) is -1.01. The van der Waals surface area contributed by atoms with Gasteiger partial charge in [-0.15, -0.1) is 0 Å². The van der Waals surface area contributed by atoms with E-state index >= 15 is 0 Å². The normalized spacial score (nSPS) is 10.6. The molecule has 1 aromatic rings. The van der Waals surface area contributed by atoms with Crippen molar-refractivity contribution < 1.29 is 9.18 Å². The molecule has 0 spiro atoms. The SMILES string of the molecule is CN(C)CCNC(=O)c1cc(Cl)ccc1F. The van der Waals surface area contributed by atoms with Crippen LogP contribution in [0.3, 0.4) is 0 Å². The first kappa shape index (κ1) is 12.9. The zero-order valence-corrected chi connectivity index (χ0v) is 10.0. The molecule has 1 rings (SSSR count). The molecule has 0 bridgehead atoms. The van der Waals surface area contributed by atoms with Gasteiger partial charge in [-0.25, -0.2) is 4.39 Å². The highest BCUT2D eigenvalue weighted by atomic mass is 35.5. The molecular formula is C11H14ClFN2O. The maximum atomic E-state index is 13.3. The van der Waals surface area contributed by atoms with Crippen LogP contribution in [0, 0.1) is 5.82 Å². The number of nitrogens with zero attached hydrogens (tertiary/aromatic N) is 1. The minimum atomic E-state index is -0.563. The maximum absolute atomic E-state index is 13.3. The van der Waals surface area contributed by atoms with Crippen molar-refractivity contribution in [3.8, 4) is 0 Å². The van der Waals surface area contributed by atoms with Gasteiger partial charge in [0.05, 0.1) is 5.56 Å². The van der Waals surface area contributed by atoms with Gasteiger partial charge in [-0.1, -0.05) is 11.6 Å². The van der Waals surface area contributed by atoms with Crippen LogP contribution in [-0.4, -0.2) is 38.0 Å². The number of amides is 1. The molecule has 0 saturated carbocycles. The predicted molar refractivity (Wildman–Crippen MR) is 62.3 cm³/mol. The van der Waals surface area contributed by atoms with Crippen LogP contribution in [0.5, 0.6) is 0 Å². The molecule has 1 aromatic carbocycles. The smallest absolute Gasteiger partial charge is 0.254 e. The highest BCUT2D eigenvalue weighted by Gasteiger charge is 2.11. The first-order chi connectivity index (χ1) is 7.50. The van der Waals surface area contributed by atoms with Gasteiger partial charge in [0, 0.05) is 18.1 Å². The molecule has 0 atom stereocenters. The molecule has 3 nitrogen and oxygen atoms in total. The average molecular weight is 245 g/mol. The van der Waals surface area contributed by atoms with Crippen LogP contribution in [0.4, 0.5) is 4.39 Å². The Kier molecular flexibility index (Phi) is 4.71. The number of carbonyl (C=O) groups excluding carboxylic acids is 1. The summed E-state index contributed by atoms with van der Waals surface area (Å²) >= 11 is 5.69. The number of hydrogen-bond acceptors (Lipinski definition) is 2. The fraction of sp³-hybridized carbons (Fsp3) is 0.364. The van der Waals surface area contributed by atoms with Gasteiger partial charge in [-0.3, -0.25) is 4.79 Å². The molecule has 1 amide bonds. The highest BCUT2D eigenvalue weighted by molar-refractivity contribution is 6.30. The monoisotopic (exact) mass is 244 g/mol. The topological polar surface area (TPSA) is 32.3 Å². The van der Waals surface area contributed by atoms with Crippen molar-refractivity contribution in [2.24, 2.45) is 0 Å². The first-order valence-corrected chi connectivity index (χ1v) is 5.26. The zero-order chi connectivity index (χ0) is 12.1. The Labute approximate surface area is 99.2 Å². The fourth-order valence-corrected chi connectivity index (χ4v) is 1.33. The maximum Gasteiger partial charge on any atom is 0.254 e. The van der Waals surface area contributed by atoms with E-state index in [2.05, 4.69) is 5.32 Å². The van der Waals surface area contributed by atoms with Crippen molar-refractivity contribution in [2.75, 3.05) is 27.2 Å². The molecule has 1 N–H and O–H groups in total. The molecule has 88 valence electrons. The lowest BCUT2D eigenvalue weighted by molar-refractivity contribution is 0.0947. The van der Waals surface area contributed by atoms with Gasteiger partial charge in [0.15, 0.2) is 0 Å². The molecule has 0 heterocycles. The molecule has 0 saturated heterocycles. The van der Waals surface area contributed by atoms with Crippen LogP contribution in [0.1, 0.15) is 10.4 Å². The van der Waals surface area contributed by atoms with Crippen molar-refractivity contribution in [3.05, 3.63) is 34.6 Å². The number of likely N-dealkylation sites (N-methyl/N-ethyl adjacent to an activating group) is 1. The van der Waals surface area contributed by atoms with E-state index in [1.54, 1.807) is 0 Å². The summed E-state index contributed by atoms with van der Waals surface area (Å²) in [7, 11) is 3.79. The van der Waals surface area contributed by atoms with E-state index in [1.807, 2.05) is 19.0 Å². The van der Waals surface area contributed by atoms with E-state index in [4.69, 9.17) is 11.6 Å². The number of hydrogen-bond donors (Lipinski definition) is 1. The third kappa shape index (κ3) is 3.79. The van der Waals surface area contributed by atoms with Gasteiger partial charge >= 0.3 is 0 Å². The van der Waals surface area contributed by atoms with E-state index in [-0.39, 0.29) is 5.56 Å². The Morgan fingerprint density at radius 3 is 2.81 bits per heavy atom. The van der Waals surface area contributed by atoms with Crippen molar-refractivity contribution in [1.82, 2.24) is 10.2 Å². The molecular weight excluding hydrogens is 231 g/mol. The summed E-state index contributed by atoms with van der Waals surface area (Å²) in [5, 5.41) is 2.97. The van der Waals surface area contributed by atoms with Crippen LogP contribution in [0.15, 0.2) is 18.2 Å². The third-order valence-corrected chi connectivity index (χ3v) is 2.25. The Bertz CT molecular complexity index is 382. The summed E-state index contributed by atoms with van der Waals surface area (Å²) < 4.78 is 13.3. The number of halogens is 2. The van der Waals surface area contributed by atoms with Crippen LogP contribution < -0.4 is 5.32 Å². The van der Waals surface area contributed by atoms with E-state index in [9.17, 15) is 9.18 Å². The molecule has 0 fully saturated rings. The van der Waals surface area contributed by atoms with E-state index in [0.717, 1.165) is 0 Å². The summed E-state index contributed by atoms with van der Waals surface area (Å²) in [6, 6.07) is 3.92. The minimum Gasteiger partial charge on any atom is -0.351 e. The Hall–Kier alpha value is -1.13. The van der Waals surface area contributed by atoms with Gasteiger partial charge < -0.3 is 10.2 Å². The highest BCUT2D eigenvalue weighted by Crippen LogP contribution is 2.14. The van der Waals surface area contributed by atoms with Crippen LogP contribution in [0.25, 0.3) is 0 Å². The van der Waals surface area contributed by atoms with Crippen LogP contribution >= 0.6 is 11.6 Å². The van der Waals surface area contributed by atoms with Gasteiger partial charge in [0.2, 0.25) is 0 Å². The van der Waals surface area contributed by atoms with E-state index < -0.39 is 11.7 Å². The van der Waals surface area contributed by atoms with Gasteiger partial charge in [0.1, 0.15) is 5.82 Å². The number of nitrogens with one attached hydrogen (secondary N) is 1. The largest absolute Gasteiger partial charge is 0.351 e. The van der Waals surface area contributed by atoms with Crippen LogP contribution in [-0.2, 0) is 0 Å². The van der Waals surface area contributed by atoms with Crippen molar-refractivity contribution >= 4 is 17.5 Å². The average Bonchev–Trinajstić information content (AvgIpc) is 2.21. The lowest BCUT2D eigenvalue weighted by Crippen LogP contribution is -2.31. The lowest BCUT2D eigenvalue weighted by Gasteiger charge is -2.10. The Balaban J connectivity index is 2.62. The third-order valence-electron chi connectivity index (χ3n) is 2.02. The predicted octanol–water partition coefficient (Wildman–Crippen LogP) is 1.77. The second kappa shape index (κ2) is 5.82. The Morgan fingerprint density at radius 1 is 1.50 bits per heavy atom. The first-order valence-electron chi connectivity index (χ1n) is 4.88. The quantitative estimate of drug-likeness (QED) is 0.876. The van der Waals surface area contributed by atoms with Crippen LogP contribution in [0.2, 0.25) is 5.02 Å². The summed E-state index contributed by atoms with van der Waals surface area (Å²) in [5.41, 5.74) is -0.0220. The molecule has 0 unspecified atom stereocenters. The molecule has 0 aliphatic rings. The summed E-state index contributed by atoms with van der Waals surface area (Å²) in [4.78, 5) is 13.5. The number of rotatable bonds is 4. The minimum absolute atomic E-state index is 0.0220. The molecule has 0 aliphatic heterocycles. The molecule has 0 aliphatic carbocycles. The van der Waals surface area contributed by atoms with E-state index in [1.165, 1.54) is 18.2 Å². The second-order valence-electron chi connectivity index (χ2n) is 3.68. The van der Waals surface area contributed by atoms with Gasteiger partial charge in [0.25, 0.3) is 5.91 Å². The fourth-order valence-electron chi connectivity index (χ4n) is 1.16. The molecule has 16 heavy (non-hydrogen) atoms. The lowest BCUT2D eigenvalue weighted by atomic mass is 10.2. The van der Waals surface area contributed by atoms with E-state index in [0.29, 0.717) is 18.1 Å². The molecule has 5 heteroatoms. The number of carbonyl (C=O) groups is 1. The van der Waals surface area contributed by atoms with Crippen molar-refractivity contribution in [3.63, 3.8) is 0 Å². The number of benzene rings is 1. The summed E-state index contributed by atoms with van der Waals surface area (Å²) in [6.07, 6.45) is 0. The standard InChI is InChI=1S/C11H14ClFN2O/c1-15(2)6-5-14-11(16)9-7-8(12)3-4-10(9)13/h3-4,7H,5-6H2,1-2H3,(H,14,16). The molecule has 0 radical (unpaired) electrons. The van der Waals surface area contributed by atoms with Crippen molar-refractivity contribution in [1.29, 1.82) is 0 Å². The van der Waals surface area contributed by atoms with Crippen molar-refractivity contribution in [2.45, 2.75) is 0 Å². The van der Waals surface area contributed by atoms with Gasteiger partial charge in [-0.05, 0) is 32.3 Å². The second-order valence-corrected chi connectivity index (χ2v) is 4.12. The summed E-state index contributed by atoms with van der Waals surface area (Å²) in [6.45, 7) is 1.17. The van der Waals surface area contributed by atoms with Gasteiger partial charge in [-0.2, -0.15) is 0 Å². The zero-order valence-electron chi connectivity index (χ0n) is 9.26. The Morgan fingerprint density at radius 2 is 2.19 bits per heavy atom.